The molecule has 0 bridgehead atoms. The number of aromatic nitrogens is 3. The molecule has 0 amide bonds. The van der Waals surface area contributed by atoms with Gasteiger partial charge in [0.2, 0.25) is 0 Å². The molecule has 0 aliphatic carbocycles. The molecule has 1 radical (unpaired) electrons. The van der Waals surface area contributed by atoms with Crippen LogP contribution in [0.2, 0.25) is 0 Å². The predicted octanol–water partition coefficient (Wildman–Crippen LogP) is 14.4. The standard InChI is InChI=1S/C28H24NO.C25H25N2.Ir/c1-18(2)15-21-16-26(29-17-19(21)3)25-14-8-13-24-23-12-7-11-22(27(23)30-28(24)25)20-9-5-4-6-10-20;1-17(2)20-13-10-14-21(18(3)4)24(20)27-23-16-9-8-15-22(23)26-25(27)19-11-6-5-7-12-19;/h4-13,16-18H,15H2,1-3H3;5-11,13-18H,1-4H3;/q2*-1;/i3D3,15D2;;. The van der Waals surface area contributed by atoms with Crippen LogP contribution in [0.5, 0.6) is 0 Å². The van der Waals surface area contributed by atoms with E-state index in [-0.39, 0.29) is 31.2 Å². The van der Waals surface area contributed by atoms with Gasteiger partial charge in [-0.3, -0.25) is 4.98 Å². The van der Waals surface area contributed by atoms with E-state index >= 15 is 0 Å². The van der Waals surface area contributed by atoms with Crippen LogP contribution in [0.4, 0.5) is 0 Å². The molecule has 5 heteroatoms. The zero-order valence-corrected chi connectivity index (χ0v) is 36.0. The molecular formula is C53H49IrN3O-2. The summed E-state index contributed by atoms with van der Waals surface area (Å²) < 4.78 is 49.8. The minimum atomic E-state index is -2.48. The van der Waals surface area contributed by atoms with Gasteiger partial charge >= 0.3 is 0 Å². The number of para-hydroxylation sites is 4. The van der Waals surface area contributed by atoms with Crippen molar-refractivity contribution in [3.63, 3.8) is 0 Å². The van der Waals surface area contributed by atoms with Crippen molar-refractivity contribution < 1.29 is 31.4 Å². The number of pyridine rings is 1. The number of nitrogens with zero attached hydrogens (tertiary/aromatic N) is 3. The molecule has 58 heavy (non-hydrogen) atoms. The molecule has 0 fully saturated rings. The van der Waals surface area contributed by atoms with Crippen LogP contribution < -0.4 is 0 Å². The van der Waals surface area contributed by atoms with Crippen LogP contribution in [0.25, 0.3) is 72.4 Å². The van der Waals surface area contributed by atoms with Crippen molar-refractivity contribution in [1.29, 1.82) is 0 Å². The molecule has 4 nitrogen and oxygen atoms in total. The van der Waals surface area contributed by atoms with Gasteiger partial charge in [0, 0.05) is 49.8 Å². The largest absolute Gasteiger partial charge is 0.500 e. The summed E-state index contributed by atoms with van der Waals surface area (Å²) in [6, 6.07) is 51.0. The van der Waals surface area contributed by atoms with Crippen molar-refractivity contribution in [3.05, 3.63) is 174 Å². The molecule has 0 atom stereocenters. The van der Waals surface area contributed by atoms with Crippen LogP contribution >= 0.6 is 0 Å². The minimum absolute atomic E-state index is 0. The third kappa shape index (κ3) is 7.94. The van der Waals surface area contributed by atoms with Crippen LogP contribution in [-0.4, -0.2) is 14.5 Å². The van der Waals surface area contributed by atoms with Crippen LogP contribution in [-0.2, 0) is 26.5 Å². The number of benzene rings is 6. The molecule has 9 aromatic rings. The Hall–Kier alpha value is -5.61. The third-order valence-electron chi connectivity index (χ3n) is 10.2. The van der Waals surface area contributed by atoms with Gasteiger partial charge < -0.3 is 14.0 Å². The maximum Gasteiger partial charge on any atom is 0.128 e. The molecule has 6 aromatic carbocycles. The second kappa shape index (κ2) is 17.5. The molecule has 0 saturated carbocycles. The van der Waals surface area contributed by atoms with Crippen LogP contribution in [0.3, 0.4) is 0 Å². The summed E-state index contributed by atoms with van der Waals surface area (Å²) in [5, 5.41) is 1.84. The average Bonchev–Trinajstić information content (AvgIpc) is 3.85. The Morgan fingerprint density at radius 1 is 0.724 bits per heavy atom. The van der Waals surface area contributed by atoms with Crippen LogP contribution in [0, 0.1) is 24.9 Å². The van der Waals surface area contributed by atoms with E-state index in [9.17, 15) is 0 Å². The molecule has 0 saturated heterocycles. The molecule has 3 aromatic heterocycles. The van der Waals surface area contributed by atoms with Gasteiger partial charge in [0.1, 0.15) is 5.58 Å². The molecule has 3 heterocycles. The average molecular weight is 941 g/mol. The number of furan rings is 1. The van der Waals surface area contributed by atoms with E-state index in [4.69, 9.17) is 16.3 Å². The van der Waals surface area contributed by atoms with Crippen molar-refractivity contribution in [2.24, 2.45) is 5.92 Å². The van der Waals surface area contributed by atoms with Crippen molar-refractivity contribution in [3.8, 4) is 39.5 Å². The molecule has 0 N–H and O–H groups in total. The topological polar surface area (TPSA) is 43.9 Å². The first-order chi connectivity index (χ1) is 29.7. The molecule has 0 aliphatic rings. The Kier molecular flexibility index (Phi) is 10.4. The second-order valence-electron chi connectivity index (χ2n) is 15.3. The van der Waals surface area contributed by atoms with Crippen molar-refractivity contribution >= 4 is 33.0 Å². The maximum absolute atomic E-state index is 8.63. The molecule has 0 unspecified atom stereocenters. The number of rotatable bonds is 8. The zero-order valence-electron chi connectivity index (χ0n) is 38.6. The Morgan fingerprint density at radius 2 is 1.43 bits per heavy atom. The predicted molar refractivity (Wildman–Crippen MR) is 238 cm³/mol. The van der Waals surface area contributed by atoms with Gasteiger partial charge in [0.25, 0.3) is 0 Å². The van der Waals surface area contributed by atoms with Gasteiger partial charge in [-0.1, -0.05) is 143 Å². The number of fused-ring (bicyclic) bond motifs is 4. The summed E-state index contributed by atoms with van der Waals surface area (Å²) in [5.41, 5.74) is 11.5. The van der Waals surface area contributed by atoms with Gasteiger partial charge in [-0.2, -0.15) is 0 Å². The first-order valence-corrected chi connectivity index (χ1v) is 19.7. The summed E-state index contributed by atoms with van der Waals surface area (Å²) in [6.07, 6.45) is -0.591. The molecule has 9 rings (SSSR count). The summed E-state index contributed by atoms with van der Waals surface area (Å²) in [6.45, 7) is 10.0. The minimum Gasteiger partial charge on any atom is -0.500 e. The summed E-state index contributed by atoms with van der Waals surface area (Å²) in [7, 11) is 0. The van der Waals surface area contributed by atoms with Crippen molar-refractivity contribution in [2.45, 2.75) is 66.6 Å². The summed E-state index contributed by atoms with van der Waals surface area (Å²) >= 11 is 0. The van der Waals surface area contributed by atoms with Gasteiger partial charge in [-0.25, -0.2) is 0 Å². The Morgan fingerprint density at radius 3 is 2.14 bits per heavy atom. The number of imidazole rings is 1. The normalized spacial score (nSPS) is 13.2. The molecule has 0 spiro atoms. The summed E-state index contributed by atoms with van der Waals surface area (Å²) in [5.74, 6) is 1.37. The van der Waals surface area contributed by atoms with Crippen LogP contribution in [0.1, 0.15) is 82.5 Å². The Balaban J connectivity index is 0.000000192. The quantitative estimate of drug-likeness (QED) is 0.143. The molecule has 293 valence electrons. The van der Waals surface area contributed by atoms with E-state index in [0.717, 1.165) is 49.9 Å². The summed E-state index contributed by atoms with van der Waals surface area (Å²) in [4.78, 5) is 9.42. The van der Waals surface area contributed by atoms with E-state index in [1.165, 1.54) is 29.1 Å². The van der Waals surface area contributed by atoms with Crippen LogP contribution in [0.15, 0.2) is 144 Å². The van der Waals surface area contributed by atoms with E-state index < -0.39 is 19.1 Å². The SMILES string of the molecule is CC(C)c1cccc(C(C)C)c1-n1c(-c2[c-]cccc2)nc2ccccc21.[2H]C([2H])([2H])c1cnc(-c2[c-]ccc3c2oc2c(-c4ccccc4)cccc23)cc1C([2H])([2H])C(C)C.[Ir]. The van der Waals surface area contributed by atoms with Crippen molar-refractivity contribution in [2.75, 3.05) is 0 Å². The molecular weight excluding hydrogens is 887 g/mol. The van der Waals surface area contributed by atoms with E-state index in [1.807, 2.05) is 72.8 Å². The maximum atomic E-state index is 8.63. The van der Waals surface area contributed by atoms with Gasteiger partial charge in [-0.05, 0) is 71.1 Å². The fourth-order valence-corrected chi connectivity index (χ4v) is 7.56. The van der Waals surface area contributed by atoms with Crippen molar-refractivity contribution in [1.82, 2.24) is 14.5 Å². The van der Waals surface area contributed by atoms with E-state index in [2.05, 4.69) is 97.9 Å². The van der Waals surface area contributed by atoms with Gasteiger partial charge in [0.05, 0.1) is 22.4 Å². The Labute approximate surface area is 363 Å². The molecule has 0 aliphatic heterocycles. The zero-order chi connectivity index (χ0) is 43.9. The number of hydrogen-bond donors (Lipinski definition) is 0. The second-order valence-corrected chi connectivity index (χ2v) is 15.3. The third-order valence-corrected chi connectivity index (χ3v) is 10.2. The fourth-order valence-electron chi connectivity index (χ4n) is 7.56. The smallest absolute Gasteiger partial charge is 0.128 e. The van der Waals surface area contributed by atoms with E-state index in [1.54, 1.807) is 19.9 Å². The number of hydrogen-bond acceptors (Lipinski definition) is 3. The first-order valence-electron chi connectivity index (χ1n) is 22.2. The van der Waals surface area contributed by atoms with Gasteiger partial charge in [-0.15, -0.1) is 54.1 Å². The fraction of sp³-hybridized carbons (Fsp3) is 0.208. The first kappa shape index (κ1) is 34.4. The Bertz CT molecular complexity index is 3000. The monoisotopic (exact) mass is 941 g/mol. The van der Waals surface area contributed by atoms with Gasteiger partial charge in [0.15, 0.2) is 0 Å². The van der Waals surface area contributed by atoms with E-state index in [0.29, 0.717) is 28.7 Å². The number of aryl methyl sites for hydroxylation is 1.